The first-order valence-electron chi connectivity index (χ1n) is 5.54. The zero-order valence-electron chi connectivity index (χ0n) is 10.4. The second-order valence-electron chi connectivity index (χ2n) is 5.15. The molecule has 2 rings (SSSR count). The molecule has 0 fully saturated rings. The van der Waals surface area contributed by atoms with Crippen LogP contribution in [-0.4, -0.2) is 37.9 Å². The van der Waals surface area contributed by atoms with Crippen molar-refractivity contribution in [1.29, 1.82) is 0 Å². The third-order valence-electron chi connectivity index (χ3n) is 2.55. The van der Waals surface area contributed by atoms with E-state index in [1.54, 1.807) is 20.8 Å². The van der Waals surface area contributed by atoms with Gasteiger partial charge < -0.3 is 9.84 Å². The van der Waals surface area contributed by atoms with Crippen LogP contribution in [-0.2, 0) is 16.1 Å². The Kier molecular flexibility index (Phi) is 2.76. The topological polar surface area (TPSA) is 95.5 Å². The van der Waals surface area contributed by atoms with E-state index in [-0.39, 0.29) is 6.54 Å². The number of carbonyl (C=O) groups excluding carboxylic acids is 1. The Balaban J connectivity index is 2.23. The number of aromatic amines is 1. The number of rotatable bonds is 1. The van der Waals surface area contributed by atoms with Crippen LogP contribution in [0.25, 0.3) is 0 Å². The molecule has 0 bridgehead atoms. The van der Waals surface area contributed by atoms with E-state index < -0.39 is 23.7 Å². The quantitative estimate of drug-likeness (QED) is 0.786. The van der Waals surface area contributed by atoms with E-state index in [4.69, 9.17) is 4.74 Å². The average molecular weight is 253 g/mol. The number of nitrogens with zero attached hydrogens (tertiary/aromatic N) is 2. The lowest BCUT2D eigenvalue weighted by molar-refractivity contribution is -0.143. The number of aromatic nitrogens is 2. The van der Waals surface area contributed by atoms with Crippen LogP contribution in [0, 0.1) is 0 Å². The highest BCUT2D eigenvalue weighted by molar-refractivity contribution is 5.83. The molecule has 0 unspecified atom stereocenters. The number of carbonyl (C=O) groups is 2. The van der Waals surface area contributed by atoms with E-state index in [1.807, 2.05) is 0 Å². The Morgan fingerprint density at radius 2 is 2.22 bits per heavy atom. The minimum Gasteiger partial charge on any atom is -0.479 e. The molecular weight excluding hydrogens is 238 g/mol. The number of ether oxygens (including phenoxy) is 1. The monoisotopic (exact) mass is 253 g/mol. The second-order valence-corrected chi connectivity index (χ2v) is 5.15. The van der Waals surface area contributed by atoms with Crippen molar-refractivity contribution in [2.45, 2.75) is 39.0 Å². The van der Waals surface area contributed by atoms with Crippen molar-refractivity contribution in [2.75, 3.05) is 0 Å². The van der Waals surface area contributed by atoms with Gasteiger partial charge in [0.2, 0.25) is 0 Å². The van der Waals surface area contributed by atoms with E-state index in [1.165, 1.54) is 11.1 Å². The van der Waals surface area contributed by atoms with Gasteiger partial charge in [-0.15, -0.1) is 0 Å². The number of hydrogen-bond acceptors (Lipinski definition) is 4. The van der Waals surface area contributed by atoms with Crippen LogP contribution >= 0.6 is 0 Å². The molecule has 1 aliphatic rings. The maximum absolute atomic E-state index is 11.9. The van der Waals surface area contributed by atoms with Gasteiger partial charge in [-0.25, -0.2) is 9.59 Å². The summed E-state index contributed by atoms with van der Waals surface area (Å²) < 4.78 is 5.19. The van der Waals surface area contributed by atoms with Crippen LogP contribution in [0.2, 0.25) is 0 Å². The van der Waals surface area contributed by atoms with Gasteiger partial charge >= 0.3 is 12.1 Å². The van der Waals surface area contributed by atoms with Gasteiger partial charge in [-0.1, -0.05) is 0 Å². The molecule has 1 amide bonds. The van der Waals surface area contributed by atoms with E-state index >= 15 is 0 Å². The van der Waals surface area contributed by atoms with Crippen molar-refractivity contribution in [3.63, 3.8) is 0 Å². The molecule has 1 aliphatic heterocycles. The molecule has 1 aromatic rings. The van der Waals surface area contributed by atoms with E-state index in [0.717, 1.165) is 0 Å². The van der Waals surface area contributed by atoms with Crippen molar-refractivity contribution in [3.8, 4) is 0 Å². The molecule has 7 heteroatoms. The molecule has 1 atom stereocenters. The number of H-pyrrole nitrogens is 1. The van der Waals surface area contributed by atoms with Crippen molar-refractivity contribution in [3.05, 3.63) is 17.5 Å². The van der Waals surface area contributed by atoms with Gasteiger partial charge in [0.1, 0.15) is 5.60 Å². The van der Waals surface area contributed by atoms with E-state index in [9.17, 15) is 14.7 Å². The van der Waals surface area contributed by atoms with Crippen LogP contribution in [0.3, 0.4) is 0 Å². The fraction of sp³-hybridized carbons (Fsp3) is 0.545. The SMILES string of the molecule is CC(C)(C)OC(=O)N1Cc2[nH]ncc2[C@H]1C(=O)O. The maximum atomic E-state index is 11.9. The minimum absolute atomic E-state index is 0.168. The lowest BCUT2D eigenvalue weighted by Crippen LogP contribution is -2.38. The largest absolute Gasteiger partial charge is 0.479 e. The van der Waals surface area contributed by atoms with Gasteiger partial charge in [-0.05, 0) is 20.8 Å². The Morgan fingerprint density at radius 1 is 1.56 bits per heavy atom. The molecule has 1 aromatic heterocycles. The van der Waals surface area contributed by atoms with Gasteiger partial charge in [-0.2, -0.15) is 5.10 Å². The predicted octanol–water partition coefficient (Wildman–Crippen LogP) is 1.29. The van der Waals surface area contributed by atoms with Crippen molar-refractivity contribution in [1.82, 2.24) is 15.1 Å². The normalized spacial score (nSPS) is 18.6. The molecule has 98 valence electrons. The molecule has 0 saturated heterocycles. The van der Waals surface area contributed by atoms with E-state index in [0.29, 0.717) is 11.3 Å². The second kappa shape index (κ2) is 4.01. The van der Waals surface area contributed by atoms with Gasteiger partial charge in [0.25, 0.3) is 0 Å². The van der Waals surface area contributed by atoms with Gasteiger partial charge in [-0.3, -0.25) is 10.00 Å². The lowest BCUT2D eigenvalue weighted by atomic mass is 10.1. The molecule has 18 heavy (non-hydrogen) atoms. The van der Waals surface area contributed by atoms with Crippen LogP contribution in [0.4, 0.5) is 4.79 Å². The Hall–Kier alpha value is -2.05. The standard InChI is InChI=1S/C11H15N3O4/c1-11(2,3)18-10(17)14-5-7-6(4-12-13-7)8(14)9(15)16/h4,8H,5H2,1-3H3,(H,12,13)(H,15,16)/t8-/m0/s1. The highest BCUT2D eigenvalue weighted by Gasteiger charge is 2.41. The van der Waals surface area contributed by atoms with Gasteiger partial charge in [0, 0.05) is 5.56 Å². The molecule has 0 saturated carbocycles. The number of carboxylic acid groups (broad SMARTS) is 1. The van der Waals surface area contributed by atoms with Crippen LogP contribution < -0.4 is 0 Å². The summed E-state index contributed by atoms with van der Waals surface area (Å²) in [5.74, 6) is -1.10. The Bertz CT molecular complexity index is 489. The fourth-order valence-electron chi connectivity index (χ4n) is 1.87. The Labute approximate surface area is 104 Å². The molecule has 0 aromatic carbocycles. The van der Waals surface area contributed by atoms with E-state index in [2.05, 4.69) is 10.2 Å². The Morgan fingerprint density at radius 3 is 2.78 bits per heavy atom. The summed E-state index contributed by atoms with van der Waals surface area (Å²) in [6.45, 7) is 5.37. The summed E-state index contributed by atoms with van der Waals surface area (Å²) in [4.78, 5) is 24.4. The molecular formula is C11H15N3O4. The number of amides is 1. The smallest absolute Gasteiger partial charge is 0.411 e. The first kappa shape index (κ1) is 12.4. The summed E-state index contributed by atoms with van der Waals surface area (Å²) in [5.41, 5.74) is 0.482. The molecule has 7 nitrogen and oxygen atoms in total. The van der Waals surface area contributed by atoms with Crippen LogP contribution in [0.1, 0.15) is 38.1 Å². The minimum atomic E-state index is -1.10. The maximum Gasteiger partial charge on any atom is 0.411 e. The predicted molar refractivity (Wildman–Crippen MR) is 60.7 cm³/mol. The summed E-state index contributed by atoms with van der Waals surface area (Å²) >= 11 is 0. The number of nitrogens with one attached hydrogen (secondary N) is 1. The fourth-order valence-corrected chi connectivity index (χ4v) is 1.87. The highest BCUT2D eigenvalue weighted by atomic mass is 16.6. The highest BCUT2D eigenvalue weighted by Crippen LogP contribution is 2.33. The van der Waals surface area contributed by atoms with Crippen LogP contribution in [0.15, 0.2) is 6.20 Å². The van der Waals surface area contributed by atoms with Crippen LogP contribution in [0.5, 0.6) is 0 Å². The molecule has 2 N–H and O–H groups in total. The molecule has 0 spiro atoms. The first-order valence-corrected chi connectivity index (χ1v) is 5.54. The third kappa shape index (κ3) is 2.15. The van der Waals surface area contributed by atoms with Gasteiger partial charge in [0.15, 0.2) is 6.04 Å². The van der Waals surface area contributed by atoms with Crippen molar-refractivity contribution < 1.29 is 19.4 Å². The first-order chi connectivity index (χ1) is 8.29. The summed E-state index contributed by atoms with van der Waals surface area (Å²) in [6.07, 6.45) is 0.790. The van der Waals surface area contributed by atoms with Gasteiger partial charge in [0.05, 0.1) is 18.4 Å². The summed E-state index contributed by atoms with van der Waals surface area (Å²) in [5, 5.41) is 15.7. The number of carboxylic acids is 1. The van der Waals surface area contributed by atoms with Crippen molar-refractivity contribution in [2.24, 2.45) is 0 Å². The molecule has 0 aliphatic carbocycles. The molecule has 2 heterocycles. The zero-order chi connectivity index (χ0) is 13.5. The number of fused-ring (bicyclic) bond motifs is 1. The lowest BCUT2D eigenvalue weighted by Gasteiger charge is -2.26. The van der Waals surface area contributed by atoms with Crippen molar-refractivity contribution >= 4 is 12.1 Å². The third-order valence-corrected chi connectivity index (χ3v) is 2.55. The zero-order valence-corrected chi connectivity index (χ0v) is 10.4. The molecule has 0 radical (unpaired) electrons. The average Bonchev–Trinajstić information content (AvgIpc) is 2.70. The summed E-state index contributed by atoms with van der Waals surface area (Å²) in [6, 6.07) is -1.03. The number of aliphatic carboxylic acids is 1. The number of hydrogen-bond donors (Lipinski definition) is 2. The summed E-state index contributed by atoms with van der Waals surface area (Å²) in [7, 11) is 0.